The largest absolute Gasteiger partial charge is 0.438 e. The lowest BCUT2D eigenvalue weighted by Crippen LogP contribution is -2.41. The minimum atomic E-state index is -4.88. The molecule has 0 atom stereocenters. The Morgan fingerprint density at radius 1 is 1.23 bits per heavy atom. The van der Waals surface area contributed by atoms with E-state index in [-0.39, 0.29) is 17.1 Å². The fraction of sp³-hybridized carbons (Fsp3) is 0.500. The summed E-state index contributed by atoms with van der Waals surface area (Å²) in [5, 5.41) is 2.84. The van der Waals surface area contributed by atoms with Gasteiger partial charge >= 0.3 is 6.18 Å². The Labute approximate surface area is 148 Å². The molecule has 1 heterocycles. The molecule has 1 aromatic heterocycles. The van der Waals surface area contributed by atoms with E-state index < -0.39 is 29.9 Å². The average Bonchev–Trinajstić information content (AvgIpc) is 2.58. The molecule has 3 rings (SSSR count). The summed E-state index contributed by atoms with van der Waals surface area (Å²) < 4.78 is 40.2. The van der Waals surface area contributed by atoms with Gasteiger partial charge in [0.05, 0.1) is 11.0 Å². The molecule has 1 amide bonds. The minimum Gasteiger partial charge on any atom is -0.352 e. The van der Waals surface area contributed by atoms with Crippen LogP contribution in [0.15, 0.2) is 29.1 Å². The van der Waals surface area contributed by atoms with Gasteiger partial charge in [0.1, 0.15) is 6.54 Å². The Kier molecular flexibility index (Phi) is 5.02. The van der Waals surface area contributed by atoms with Crippen LogP contribution >= 0.6 is 0 Å². The van der Waals surface area contributed by atoms with Gasteiger partial charge in [0.25, 0.3) is 5.56 Å². The summed E-state index contributed by atoms with van der Waals surface area (Å²) >= 11 is 0. The highest BCUT2D eigenvalue weighted by atomic mass is 19.4. The number of amides is 1. The summed E-state index contributed by atoms with van der Waals surface area (Å²) in [6.45, 7) is 1.69. The topological polar surface area (TPSA) is 64.0 Å². The Balaban J connectivity index is 1.90. The third kappa shape index (κ3) is 3.89. The fourth-order valence-corrected chi connectivity index (χ4v) is 3.36. The van der Waals surface area contributed by atoms with Crippen LogP contribution in [0, 0.1) is 5.92 Å². The van der Waals surface area contributed by atoms with Gasteiger partial charge in [0, 0.05) is 6.04 Å². The Hall–Kier alpha value is -2.38. The van der Waals surface area contributed by atoms with Gasteiger partial charge in [-0.15, -0.1) is 0 Å². The zero-order chi connectivity index (χ0) is 18.9. The standard InChI is InChI=1S/C18H20F3N3O2/c1-11-6-8-12(9-7-11)22-15(25)10-24-14-5-3-2-4-13(14)23-16(17(24)26)18(19,20)21/h2-5,11-12H,6-10H2,1H3,(H,22,25). The first-order valence-electron chi connectivity index (χ1n) is 8.62. The van der Waals surface area contributed by atoms with Gasteiger partial charge < -0.3 is 5.32 Å². The van der Waals surface area contributed by atoms with Crippen molar-refractivity contribution < 1.29 is 18.0 Å². The van der Waals surface area contributed by atoms with Crippen LogP contribution in [0.2, 0.25) is 0 Å². The lowest BCUT2D eigenvalue weighted by atomic mass is 9.87. The fourth-order valence-electron chi connectivity index (χ4n) is 3.36. The summed E-state index contributed by atoms with van der Waals surface area (Å²) in [6, 6.07) is 6.01. The highest BCUT2D eigenvalue weighted by Crippen LogP contribution is 2.26. The number of rotatable bonds is 3. The highest BCUT2D eigenvalue weighted by molar-refractivity contribution is 5.80. The molecule has 0 saturated heterocycles. The summed E-state index contributed by atoms with van der Waals surface area (Å²) in [5.41, 5.74) is -2.57. The lowest BCUT2D eigenvalue weighted by Gasteiger charge is -2.27. The zero-order valence-corrected chi connectivity index (χ0v) is 14.3. The van der Waals surface area contributed by atoms with Gasteiger partial charge in [0.2, 0.25) is 11.6 Å². The summed E-state index contributed by atoms with van der Waals surface area (Å²) in [6.07, 6.45) is -1.19. The second-order valence-corrected chi connectivity index (χ2v) is 6.86. The molecule has 2 aromatic rings. The molecule has 0 spiro atoms. The number of aromatic nitrogens is 2. The van der Waals surface area contributed by atoms with Crippen LogP contribution < -0.4 is 10.9 Å². The molecule has 140 valence electrons. The van der Waals surface area contributed by atoms with Crippen molar-refractivity contribution in [3.8, 4) is 0 Å². The van der Waals surface area contributed by atoms with Gasteiger partial charge in [-0.05, 0) is 43.7 Å². The van der Waals surface area contributed by atoms with E-state index in [4.69, 9.17) is 0 Å². The number of hydrogen-bond acceptors (Lipinski definition) is 3. The molecule has 0 unspecified atom stereocenters. The number of nitrogens with one attached hydrogen (secondary N) is 1. The van der Waals surface area contributed by atoms with E-state index in [1.165, 1.54) is 18.2 Å². The second kappa shape index (κ2) is 7.09. The van der Waals surface area contributed by atoms with Crippen molar-refractivity contribution in [3.05, 3.63) is 40.3 Å². The van der Waals surface area contributed by atoms with Crippen LogP contribution in [0.4, 0.5) is 13.2 Å². The quantitative estimate of drug-likeness (QED) is 0.907. The number of para-hydroxylation sites is 2. The normalized spacial score (nSPS) is 20.9. The molecule has 8 heteroatoms. The van der Waals surface area contributed by atoms with E-state index in [0.29, 0.717) is 5.92 Å². The first-order chi connectivity index (χ1) is 12.3. The van der Waals surface area contributed by atoms with Crippen molar-refractivity contribution in [2.45, 2.75) is 51.4 Å². The van der Waals surface area contributed by atoms with E-state index >= 15 is 0 Å². The molecule has 1 aromatic carbocycles. The number of fused-ring (bicyclic) bond motifs is 1. The van der Waals surface area contributed by atoms with Gasteiger partial charge in [-0.25, -0.2) is 4.98 Å². The molecule has 5 nitrogen and oxygen atoms in total. The van der Waals surface area contributed by atoms with Crippen molar-refractivity contribution in [1.82, 2.24) is 14.9 Å². The van der Waals surface area contributed by atoms with E-state index in [1.54, 1.807) is 6.07 Å². The predicted molar refractivity (Wildman–Crippen MR) is 90.6 cm³/mol. The van der Waals surface area contributed by atoms with E-state index in [0.717, 1.165) is 30.3 Å². The van der Waals surface area contributed by atoms with E-state index in [2.05, 4.69) is 17.2 Å². The van der Waals surface area contributed by atoms with Crippen LogP contribution in [-0.2, 0) is 17.5 Å². The summed E-state index contributed by atoms with van der Waals surface area (Å²) in [5.74, 6) is 0.153. The first-order valence-corrected chi connectivity index (χ1v) is 8.62. The van der Waals surface area contributed by atoms with Crippen LogP contribution in [0.3, 0.4) is 0 Å². The maximum atomic E-state index is 13.1. The number of nitrogens with zero attached hydrogens (tertiary/aromatic N) is 2. The highest BCUT2D eigenvalue weighted by Gasteiger charge is 2.37. The van der Waals surface area contributed by atoms with Crippen LogP contribution in [-0.4, -0.2) is 21.5 Å². The molecule has 26 heavy (non-hydrogen) atoms. The average molecular weight is 367 g/mol. The van der Waals surface area contributed by atoms with Crippen LogP contribution in [0.25, 0.3) is 11.0 Å². The molecule has 0 aliphatic heterocycles. The molecular weight excluding hydrogens is 347 g/mol. The SMILES string of the molecule is CC1CCC(NC(=O)Cn2c(=O)c(C(F)(F)F)nc3ccccc32)CC1. The molecular formula is C18H20F3N3O2. The van der Waals surface area contributed by atoms with Gasteiger partial charge in [-0.3, -0.25) is 14.2 Å². The van der Waals surface area contributed by atoms with Crippen molar-refractivity contribution in [1.29, 1.82) is 0 Å². The van der Waals surface area contributed by atoms with E-state index in [1.807, 2.05) is 0 Å². The maximum Gasteiger partial charge on any atom is 0.438 e. The molecule has 0 radical (unpaired) electrons. The van der Waals surface area contributed by atoms with E-state index in [9.17, 15) is 22.8 Å². The number of hydrogen-bond donors (Lipinski definition) is 1. The Morgan fingerprint density at radius 3 is 2.54 bits per heavy atom. The Bertz CT molecular complexity index is 868. The third-order valence-electron chi connectivity index (χ3n) is 4.80. The number of alkyl halides is 3. The molecule has 0 bridgehead atoms. The summed E-state index contributed by atoms with van der Waals surface area (Å²) in [4.78, 5) is 28.1. The Morgan fingerprint density at radius 2 is 1.88 bits per heavy atom. The number of carbonyl (C=O) groups excluding carboxylic acids is 1. The second-order valence-electron chi connectivity index (χ2n) is 6.86. The van der Waals surface area contributed by atoms with Crippen molar-refractivity contribution in [3.63, 3.8) is 0 Å². The summed E-state index contributed by atoms with van der Waals surface area (Å²) in [7, 11) is 0. The van der Waals surface area contributed by atoms with Crippen LogP contribution in [0.5, 0.6) is 0 Å². The molecule has 1 fully saturated rings. The molecule has 1 aliphatic rings. The van der Waals surface area contributed by atoms with Crippen LogP contribution in [0.1, 0.15) is 38.3 Å². The van der Waals surface area contributed by atoms with Crippen molar-refractivity contribution >= 4 is 16.9 Å². The van der Waals surface area contributed by atoms with Crippen molar-refractivity contribution in [2.75, 3.05) is 0 Å². The zero-order valence-electron chi connectivity index (χ0n) is 14.3. The monoisotopic (exact) mass is 367 g/mol. The minimum absolute atomic E-state index is 0.00425. The van der Waals surface area contributed by atoms with Gasteiger partial charge in [0.15, 0.2) is 0 Å². The lowest BCUT2D eigenvalue weighted by molar-refractivity contribution is -0.142. The number of halogens is 3. The number of benzene rings is 1. The first kappa shape index (κ1) is 18.4. The van der Waals surface area contributed by atoms with Gasteiger partial charge in [-0.1, -0.05) is 19.1 Å². The predicted octanol–water partition coefficient (Wildman–Crippen LogP) is 3.11. The molecule has 1 N–H and O–H groups in total. The third-order valence-corrected chi connectivity index (χ3v) is 4.80. The van der Waals surface area contributed by atoms with Gasteiger partial charge in [-0.2, -0.15) is 13.2 Å². The maximum absolute atomic E-state index is 13.1. The molecule has 1 saturated carbocycles. The number of carbonyl (C=O) groups is 1. The molecule has 1 aliphatic carbocycles. The smallest absolute Gasteiger partial charge is 0.352 e. The van der Waals surface area contributed by atoms with Crippen molar-refractivity contribution in [2.24, 2.45) is 5.92 Å².